The SMILES string of the molecule is CCN(CCO)C(=O)c1cc(C)n(C(C)C)c1C. The van der Waals surface area contributed by atoms with Gasteiger partial charge in [0.2, 0.25) is 0 Å². The van der Waals surface area contributed by atoms with E-state index in [0.29, 0.717) is 19.1 Å². The van der Waals surface area contributed by atoms with Crippen LogP contribution in [0.1, 0.15) is 48.6 Å². The molecule has 102 valence electrons. The number of aromatic nitrogens is 1. The second-order valence-electron chi connectivity index (χ2n) is 4.86. The number of carbonyl (C=O) groups excluding carboxylic acids is 1. The lowest BCUT2D eigenvalue weighted by Crippen LogP contribution is -2.33. The topological polar surface area (TPSA) is 45.5 Å². The average molecular weight is 252 g/mol. The molecule has 4 heteroatoms. The first-order valence-corrected chi connectivity index (χ1v) is 6.52. The zero-order valence-electron chi connectivity index (χ0n) is 12.0. The van der Waals surface area contributed by atoms with Crippen molar-refractivity contribution >= 4 is 5.91 Å². The smallest absolute Gasteiger partial charge is 0.255 e. The highest BCUT2D eigenvalue weighted by atomic mass is 16.3. The summed E-state index contributed by atoms with van der Waals surface area (Å²) in [7, 11) is 0. The lowest BCUT2D eigenvalue weighted by atomic mass is 10.2. The molecular formula is C14H24N2O2. The second-order valence-corrected chi connectivity index (χ2v) is 4.86. The number of aryl methyl sites for hydroxylation is 1. The van der Waals surface area contributed by atoms with Gasteiger partial charge in [-0.25, -0.2) is 0 Å². The van der Waals surface area contributed by atoms with Gasteiger partial charge < -0.3 is 14.6 Å². The summed E-state index contributed by atoms with van der Waals surface area (Å²) in [5.41, 5.74) is 2.85. The monoisotopic (exact) mass is 252 g/mol. The molecule has 0 radical (unpaired) electrons. The molecule has 0 fully saturated rings. The van der Waals surface area contributed by atoms with Crippen molar-refractivity contribution < 1.29 is 9.90 Å². The highest BCUT2D eigenvalue weighted by molar-refractivity contribution is 5.95. The number of amides is 1. The third kappa shape index (κ3) is 2.75. The fourth-order valence-corrected chi connectivity index (χ4v) is 2.48. The number of aliphatic hydroxyl groups is 1. The summed E-state index contributed by atoms with van der Waals surface area (Å²) in [6.45, 7) is 11.2. The van der Waals surface area contributed by atoms with E-state index in [9.17, 15) is 4.79 Å². The molecule has 0 aliphatic rings. The minimum Gasteiger partial charge on any atom is -0.395 e. The number of likely N-dealkylation sites (N-methyl/N-ethyl adjacent to an activating group) is 1. The molecule has 0 spiro atoms. The van der Waals surface area contributed by atoms with E-state index in [1.165, 1.54) is 0 Å². The van der Waals surface area contributed by atoms with Crippen LogP contribution in [0.25, 0.3) is 0 Å². The molecule has 1 aromatic heterocycles. The predicted octanol–water partition coefficient (Wildman–Crippen LogP) is 2.14. The summed E-state index contributed by atoms with van der Waals surface area (Å²) < 4.78 is 2.17. The van der Waals surface area contributed by atoms with Gasteiger partial charge in [-0.2, -0.15) is 0 Å². The van der Waals surface area contributed by atoms with E-state index in [1.54, 1.807) is 4.90 Å². The second kappa shape index (κ2) is 6.05. The Hall–Kier alpha value is -1.29. The Morgan fingerprint density at radius 2 is 2.06 bits per heavy atom. The van der Waals surface area contributed by atoms with Crippen LogP contribution < -0.4 is 0 Å². The van der Waals surface area contributed by atoms with Crippen LogP contribution in [0.4, 0.5) is 0 Å². The molecule has 1 heterocycles. The van der Waals surface area contributed by atoms with Gasteiger partial charge in [-0.3, -0.25) is 4.79 Å². The van der Waals surface area contributed by atoms with Crippen molar-refractivity contribution in [2.45, 2.75) is 40.7 Å². The molecule has 0 saturated carbocycles. The Morgan fingerprint density at radius 1 is 1.44 bits per heavy atom. The normalized spacial score (nSPS) is 11.1. The largest absolute Gasteiger partial charge is 0.395 e. The van der Waals surface area contributed by atoms with Gasteiger partial charge in [0.15, 0.2) is 0 Å². The molecule has 1 N–H and O–H groups in total. The van der Waals surface area contributed by atoms with E-state index in [0.717, 1.165) is 17.0 Å². The first kappa shape index (κ1) is 14.8. The van der Waals surface area contributed by atoms with Crippen molar-refractivity contribution in [2.24, 2.45) is 0 Å². The van der Waals surface area contributed by atoms with Crippen LogP contribution in [0.5, 0.6) is 0 Å². The van der Waals surface area contributed by atoms with Crippen LogP contribution >= 0.6 is 0 Å². The lowest BCUT2D eigenvalue weighted by Gasteiger charge is -2.20. The maximum absolute atomic E-state index is 12.4. The number of nitrogens with zero attached hydrogens (tertiary/aromatic N) is 2. The molecule has 0 saturated heterocycles. The van der Waals surface area contributed by atoms with E-state index >= 15 is 0 Å². The fourth-order valence-electron chi connectivity index (χ4n) is 2.48. The number of rotatable bonds is 5. The molecule has 1 amide bonds. The van der Waals surface area contributed by atoms with E-state index < -0.39 is 0 Å². The first-order chi connectivity index (χ1) is 8.43. The van der Waals surface area contributed by atoms with Gasteiger partial charge in [0.25, 0.3) is 5.91 Å². The summed E-state index contributed by atoms with van der Waals surface area (Å²) in [4.78, 5) is 14.0. The summed E-state index contributed by atoms with van der Waals surface area (Å²) in [5.74, 6) is 0.00606. The van der Waals surface area contributed by atoms with Gasteiger partial charge in [-0.1, -0.05) is 0 Å². The molecule has 0 unspecified atom stereocenters. The minimum absolute atomic E-state index is 0.00248. The van der Waals surface area contributed by atoms with E-state index in [1.807, 2.05) is 26.8 Å². The maximum atomic E-state index is 12.4. The van der Waals surface area contributed by atoms with Crippen LogP contribution in [0.3, 0.4) is 0 Å². The van der Waals surface area contributed by atoms with E-state index in [-0.39, 0.29) is 12.5 Å². The summed E-state index contributed by atoms with van der Waals surface area (Å²) in [6, 6.07) is 2.29. The summed E-state index contributed by atoms with van der Waals surface area (Å²) >= 11 is 0. The zero-order valence-corrected chi connectivity index (χ0v) is 12.0. The van der Waals surface area contributed by atoms with Crippen molar-refractivity contribution in [1.29, 1.82) is 0 Å². The fraction of sp³-hybridized carbons (Fsp3) is 0.643. The van der Waals surface area contributed by atoms with Gasteiger partial charge >= 0.3 is 0 Å². The molecule has 4 nitrogen and oxygen atoms in total. The number of aliphatic hydroxyl groups excluding tert-OH is 1. The van der Waals surface area contributed by atoms with Crippen LogP contribution in [0.15, 0.2) is 6.07 Å². The van der Waals surface area contributed by atoms with Crippen LogP contribution in [0.2, 0.25) is 0 Å². The molecule has 0 aliphatic carbocycles. The third-order valence-electron chi connectivity index (χ3n) is 3.27. The van der Waals surface area contributed by atoms with Crippen molar-refractivity contribution in [3.8, 4) is 0 Å². The quantitative estimate of drug-likeness (QED) is 0.872. The molecule has 0 bridgehead atoms. The summed E-state index contributed by atoms with van der Waals surface area (Å²) in [6.07, 6.45) is 0. The Morgan fingerprint density at radius 3 is 2.44 bits per heavy atom. The van der Waals surface area contributed by atoms with Gasteiger partial charge in [0, 0.05) is 30.5 Å². The number of carbonyl (C=O) groups is 1. The van der Waals surface area contributed by atoms with Gasteiger partial charge in [0.05, 0.1) is 12.2 Å². The average Bonchev–Trinajstić information content (AvgIpc) is 2.60. The summed E-state index contributed by atoms with van der Waals surface area (Å²) in [5, 5.41) is 8.98. The van der Waals surface area contributed by atoms with Gasteiger partial charge in [-0.15, -0.1) is 0 Å². The molecule has 1 aromatic rings. The molecule has 0 aliphatic heterocycles. The van der Waals surface area contributed by atoms with Crippen LogP contribution in [-0.4, -0.2) is 40.2 Å². The molecular weight excluding hydrogens is 228 g/mol. The molecule has 0 atom stereocenters. The van der Waals surface area contributed by atoms with Crippen LogP contribution in [0, 0.1) is 13.8 Å². The van der Waals surface area contributed by atoms with E-state index in [2.05, 4.69) is 18.4 Å². The number of hydrogen-bond donors (Lipinski definition) is 1. The van der Waals surface area contributed by atoms with Crippen molar-refractivity contribution in [3.05, 3.63) is 23.0 Å². The Bertz CT molecular complexity index is 422. The highest BCUT2D eigenvalue weighted by Crippen LogP contribution is 2.21. The standard InChI is InChI=1S/C14H24N2O2/c1-6-15(7-8-17)14(18)13-9-11(4)16(10(2)3)12(13)5/h9-10,17H,6-8H2,1-5H3. The van der Waals surface area contributed by atoms with Crippen molar-refractivity contribution in [3.63, 3.8) is 0 Å². The van der Waals surface area contributed by atoms with Crippen LogP contribution in [-0.2, 0) is 0 Å². The molecule has 18 heavy (non-hydrogen) atoms. The zero-order chi connectivity index (χ0) is 13.9. The highest BCUT2D eigenvalue weighted by Gasteiger charge is 2.20. The minimum atomic E-state index is 0.00248. The van der Waals surface area contributed by atoms with Crippen molar-refractivity contribution in [1.82, 2.24) is 9.47 Å². The first-order valence-electron chi connectivity index (χ1n) is 6.52. The predicted molar refractivity (Wildman–Crippen MR) is 73.0 cm³/mol. The van der Waals surface area contributed by atoms with E-state index in [4.69, 9.17) is 5.11 Å². The van der Waals surface area contributed by atoms with Gasteiger partial charge in [0.1, 0.15) is 0 Å². The Kier molecular flexibility index (Phi) is 4.96. The molecule has 0 aromatic carbocycles. The Balaban J connectivity index is 3.10. The number of hydrogen-bond acceptors (Lipinski definition) is 2. The Labute approximate surface area is 109 Å². The maximum Gasteiger partial charge on any atom is 0.255 e. The lowest BCUT2D eigenvalue weighted by molar-refractivity contribution is 0.0731. The van der Waals surface area contributed by atoms with Gasteiger partial charge in [-0.05, 0) is 40.7 Å². The third-order valence-corrected chi connectivity index (χ3v) is 3.27. The molecule has 1 rings (SSSR count). The van der Waals surface area contributed by atoms with Crippen molar-refractivity contribution in [2.75, 3.05) is 19.7 Å².